The SMILES string of the molecule is C[C@]12CC[C@@H]3c4ccc(O)cc4C[C@@H](CCCCOCC(=O)O)[C@H]3[C@@H]1CC[C@@H]2O. The van der Waals surface area contributed by atoms with Gasteiger partial charge in [-0.3, -0.25) is 0 Å². The van der Waals surface area contributed by atoms with E-state index in [9.17, 15) is 15.0 Å². The molecule has 160 valence electrons. The highest BCUT2D eigenvalue weighted by molar-refractivity contribution is 5.67. The zero-order chi connectivity index (χ0) is 20.6. The Morgan fingerprint density at radius 2 is 2.07 bits per heavy atom. The van der Waals surface area contributed by atoms with Gasteiger partial charge in [0.25, 0.3) is 0 Å². The van der Waals surface area contributed by atoms with E-state index in [2.05, 4.69) is 13.0 Å². The molecule has 0 aromatic heterocycles. The van der Waals surface area contributed by atoms with Crippen molar-refractivity contribution < 1.29 is 24.9 Å². The number of phenolic OH excluding ortho intramolecular Hbond substituents is 1. The van der Waals surface area contributed by atoms with E-state index in [-0.39, 0.29) is 18.1 Å². The van der Waals surface area contributed by atoms with Crippen LogP contribution in [-0.4, -0.2) is 40.6 Å². The van der Waals surface area contributed by atoms with Crippen LogP contribution in [0.2, 0.25) is 0 Å². The molecule has 3 aliphatic rings. The molecule has 5 heteroatoms. The van der Waals surface area contributed by atoms with Gasteiger partial charge in [0.05, 0.1) is 6.10 Å². The predicted octanol–water partition coefficient (Wildman–Crippen LogP) is 4.11. The number of ether oxygens (including phenoxy) is 1. The van der Waals surface area contributed by atoms with Crippen LogP contribution in [0.1, 0.15) is 68.9 Å². The van der Waals surface area contributed by atoms with E-state index in [1.54, 1.807) is 0 Å². The van der Waals surface area contributed by atoms with Crippen molar-refractivity contribution in [3.63, 3.8) is 0 Å². The van der Waals surface area contributed by atoms with E-state index in [4.69, 9.17) is 9.84 Å². The van der Waals surface area contributed by atoms with Gasteiger partial charge < -0.3 is 20.1 Å². The third-order valence-corrected chi connectivity index (χ3v) is 8.17. The van der Waals surface area contributed by atoms with Gasteiger partial charge in [0.15, 0.2) is 0 Å². The summed E-state index contributed by atoms with van der Waals surface area (Å²) in [5, 5.41) is 29.4. The second kappa shape index (κ2) is 8.27. The van der Waals surface area contributed by atoms with E-state index < -0.39 is 5.97 Å². The second-order valence-electron chi connectivity index (χ2n) is 9.72. The Balaban J connectivity index is 1.50. The highest BCUT2D eigenvalue weighted by Gasteiger charge is 2.56. The lowest BCUT2D eigenvalue weighted by atomic mass is 9.52. The maximum Gasteiger partial charge on any atom is 0.329 e. The van der Waals surface area contributed by atoms with Gasteiger partial charge in [0.2, 0.25) is 0 Å². The Morgan fingerprint density at radius 3 is 2.86 bits per heavy atom. The predicted molar refractivity (Wildman–Crippen MR) is 110 cm³/mol. The number of carboxylic acids is 1. The summed E-state index contributed by atoms with van der Waals surface area (Å²) in [6, 6.07) is 5.91. The summed E-state index contributed by atoms with van der Waals surface area (Å²) in [6.45, 7) is 2.57. The molecule has 0 bridgehead atoms. The van der Waals surface area contributed by atoms with Crippen molar-refractivity contribution in [3.05, 3.63) is 29.3 Å². The van der Waals surface area contributed by atoms with Crippen LogP contribution in [0.3, 0.4) is 0 Å². The van der Waals surface area contributed by atoms with Crippen molar-refractivity contribution >= 4 is 5.97 Å². The first kappa shape index (κ1) is 20.7. The molecule has 0 radical (unpaired) electrons. The number of carboxylic acid groups (broad SMARTS) is 1. The Bertz CT molecular complexity index is 747. The van der Waals surface area contributed by atoms with Crippen LogP contribution in [0.5, 0.6) is 5.75 Å². The molecular weight excluding hydrogens is 368 g/mol. The Hall–Kier alpha value is -1.59. The van der Waals surface area contributed by atoms with Crippen molar-refractivity contribution in [2.45, 2.75) is 70.3 Å². The van der Waals surface area contributed by atoms with E-state index in [1.807, 2.05) is 12.1 Å². The van der Waals surface area contributed by atoms with E-state index >= 15 is 0 Å². The number of aliphatic hydroxyl groups is 1. The van der Waals surface area contributed by atoms with Crippen molar-refractivity contribution in [2.75, 3.05) is 13.2 Å². The molecule has 1 aromatic rings. The fourth-order valence-electron chi connectivity index (χ4n) is 6.80. The van der Waals surface area contributed by atoms with Crippen molar-refractivity contribution in [3.8, 4) is 5.75 Å². The number of hydrogen-bond acceptors (Lipinski definition) is 4. The summed E-state index contributed by atoms with van der Waals surface area (Å²) in [6.07, 6.45) is 8.03. The Morgan fingerprint density at radius 1 is 1.24 bits per heavy atom. The van der Waals surface area contributed by atoms with E-state index in [1.165, 1.54) is 11.1 Å². The summed E-state index contributed by atoms with van der Waals surface area (Å²) in [5.41, 5.74) is 2.75. The molecule has 2 fully saturated rings. The molecule has 1 aromatic carbocycles. The standard InChI is InChI=1S/C24H34O5/c1-24-10-9-19-18-6-5-17(25)13-16(18)12-15(4-2-3-11-29-14-22(27)28)23(19)20(24)7-8-21(24)26/h5-6,13,15,19-21,23,25-26H,2-4,7-12,14H2,1H3,(H,27,28)/t15-,19-,20+,21+,23-,24+/m1/s1. The monoisotopic (exact) mass is 402 g/mol. The Labute approximate surface area is 173 Å². The quantitative estimate of drug-likeness (QED) is 0.598. The van der Waals surface area contributed by atoms with Crippen LogP contribution in [0.25, 0.3) is 0 Å². The number of unbranched alkanes of at least 4 members (excludes halogenated alkanes) is 1. The lowest BCUT2D eigenvalue weighted by Gasteiger charge is -2.53. The number of phenols is 1. The average Bonchev–Trinajstić information content (AvgIpc) is 2.98. The van der Waals surface area contributed by atoms with Crippen molar-refractivity contribution in [1.82, 2.24) is 0 Å². The first-order valence-electron chi connectivity index (χ1n) is 11.2. The van der Waals surface area contributed by atoms with Crippen LogP contribution >= 0.6 is 0 Å². The molecule has 2 saturated carbocycles. The van der Waals surface area contributed by atoms with Gasteiger partial charge in [0.1, 0.15) is 12.4 Å². The minimum absolute atomic E-state index is 0.0401. The van der Waals surface area contributed by atoms with Gasteiger partial charge in [-0.2, -0.15) is 0 Å². The third-order valence-electron chi connectivity index (χ3n) is 8.17. The third kappa shape index (κ3) is 3.91. The number of aliphatic hydroxyl groups excluding tert-OH is 1. The molecule has 0 unspecified atom stereocenters. The number of carbonyl (C=O) groups is 1. The molecule has 0 spiro atoms. The van der Waals surface area contributed by atoms with E-state index in [0.717, 1.165) is 51.4 Å². The summed E-state index contributed by atoms with van der Waals surface area (Å²) in [7, 11) is 0. The summed E-state index contributed by atoms with van der Waals surface area (Å²) in [4.78, 5) is 10.6. The maximum absolute atomic E-state index is 10.7. The zero-order valence-corrected chi connectivity index (χ0v) is 17.3. The molecule has 29 heavy (non-hydrogen) atoms. The van der Waals surface area contributed by atoms with Crippen LogP contribution < -0.4 is 0 Å². The molecule has 6 atom stereocenters. The number of fused-ring (bicyclic) bond motifs is 5. The molecule has 5 nitrogen and oxygen atoms in total. The Kier molecular flexibility index (Phi) is 5.90. The van der Waals surface area contributed by atoms with Crippen LogP contribution in [0.4, 0.5) is 0 Å². The number of aromatic hydroxyl groups is 1. The smallest absolute Gasteiger partial charge is 0.329 e. The van der Waals surface area contributed by atoms with Crippen molar-refractivity contribution in [1.29, 1.82) is 0 Å². The lowest BCUT2D eigenvalue weighted by Crippen LogP contribution is -2.47. The lowest BCUT2D eigenvalue weighted by molar-refractivity contribution is -0.142. The molecule has 0 aliphatic heterocycles. The zero-order valence-electron chi connectivity index (χ0n) is 17.3. The van der Waals surface area contributed by atoms with Gasteiger partial charge in [0, 0.05) is 6.61 Å². The molecule has 3 N–H and O–H groups in total. The largest absolute Gasteiger partial charge is 0.508 e. The summed E-state index contributed by atoms with van der Waals surface area (Å²) in [5.74, 6) is 1.65. The molecule has 0 heterocycles. The molecule has 3 aliphatic carbocycles. The normalized spacial score (nSPS) is 35.6. The fourth-order valence-corrected chi connectivity index (χ4v) is 6.80. The van der Waals surface area contributed by atoms with Gasteiger partial charge in [-0.1, -0.05) is 19.4 Å². The molecular formula is C24H34O5. The molecule has 0 amide bonds. The number of rotatable bonds is 7. The number of aliphatic carboxylic acids is 1. The number of benzene rings is 1. The maximum atomic E-state index is 10.7. The van der Waals surface area contributed by atoms with Gasteiger partial charge >= 0.3 is 5.97 Å². The van der Waals surface area contributed by atoms with E-state index in [0.29, 0.717) is 36.0 Å². The average molecular weight is 403 g/mol. The first-order chi connectivity index (χ1) is 13.9. The molecule has 4 rings (SSSR count). The fraction of sp³-hybridized carbons (Fsp3) is 0.708. The van der Waals surface area contributed by atoms with Crippen molar-refractivity contribution in [2.24, 2.45) is 23.2 Å². The van der Waals surface area contributed by atoms with Crippen LogP contribution in [0.15, 0.2) is 18.2 Å². The minimum atomic E-state index is -0.919. The van der Waals surface area contributed by atoms with Gasteiger partial charge in [-0.25, -0.2) is 4.79 Å². The first-order valence-corrected chi connectivity index (χ1v) is 11.2. The summed E-state index contributed by atoms with van der Waals surface area (Å²) >= 11 is 0. The van der Waals surface area contributed by atoms with Crippen LogP contribution in [0, 0.1) is 23.2 Å². The molecule has 0 saturated heterocycles. The number of hydrogen-bond donors (Lipinski definition) is 3. The van der Waals surface area contributed by atoms with Gasteiger partial charge in [-0.15, -0.1) is 0 Å². The highest BCUT2D eigenvalue weighted by atomic mass is 16.5. The topological polar surface area (TPSA) is 87.0 Å². The second-order valence-corrected chi connectivity index (χ2v) is 9.72. The summed E-state index contributed by atoms with van der Waals surface area (Å²) < 4.78 is 5.20. The minimum Gasteiger partial charge on any atom is -0.508 e. The highest BCUT2D eigenvalue weighted by Crippen LogP contribution is 2.62. The van der Waals surface area contributed by atoms with Gasteiger partial charge in [-0.05, 0) is 97.3 Å². The van der Waals surface area contributed by atoms with Crippen LogP contribution in [-0.2, 0) is 16.0 Å².